The van der Waals surface area contributed by atoms with Crippen LogP contribution in [0.25, 0.3) is 0 Å². The molecule has 0 saturated heterocycles. The van der Waals surface area contributed by atoms with Crippen molar-refractivity contribution >= 4 is 43.4 Å². The van der Waals surface area contributed by atoms with Gasteiger partial charge in [0.25, 0.3) is 10.0 Å². The molecule has 3 aromatic rings. The SMILES string of the molecule is CC(C)c1ccc(S(=O)(=O)Nc2cc(Br)ccc2Sc2nncn2C)cc1. The van der Waals surface area contributed by atoms with Crippen LogP contribution < -0.4 is 4.72 Å². The lowest BCUT2D eigenvalue weighted by Gasteiger charge is -2.13. The monoisotopic (exact) mass is 466 g/mol. The minimum Gasteiger partial charge on any atom is -0.311 e. The first-order valence-corrected chi connectivity index (χ1v) is 11.3. The minimum atomic E-state index is -3.71. The van der Waals surface area contributed by atoms with Crippen LogP contribution in [0.5, 0.6) is 0 Å². The topological polar surface area (TPSA) is 76.9 Å². The van der Waals surface area contributed by atoms with E-state index in [1.165, 1.54) is 11.8 Å². The van der Waals surface area contributed by atoms with Gasteiger partial charge in [0.1, 0.15) is 6.33 Å². The Bertz CT molecular complexity index is 1050. The number of halogens is 1. The van der Waals surface area contributed by atoms with Crippen LogP contribution in [0.1, 0.15) is 25.3 Å². The molecule has 0 atom stereocenters. The van der Waals surface area contributed by atoms with E-state index in [2.05, 4.69) is 44.7 Å². The molecule has 0 aliphatic rings. The molecule has 6 nitrogen and oxygen atoms in total. The Morgan fingerprint density at radius 3 is 2.44 bits per heavy atom. The lowest BCUT2D eigenvalue weighted by molar-refractivity contribution is 0.601. The normalized spacial score (nSPS) is 11.7. The summed E-state index contributed by atoms with van der Waals surface area (Å²) in [5.74, 6) is 0.342. The Hall–Kier alpha value is -1.84. The first-order chi connectivity index (χ1) is 12.8. The van der Waals surface area contributed by atoms with Crippen LogP contribution in [0.4, 0.5) is 5.69 Å². The van der Waals surface area contributed by atoms with E-state index < -0.39 is 10.0 Å². The number of hydrogen-bond acceptors (Lipinski definition) is 5. The van der Waals surface area contributed by atoms with Crippen molar-refractivity contribution in [1.29, 1.82) is 0 Å². The highest BCUT2D eigenvalue weighted by Gasteiger charge is 2.18. The zero-order chi connectivity index (χ0) is 19.6. The maximum atomic E-state index is 12.8. The van der Waals surface area contributed by atoms with Crippen LogP contribution in [-0.4, -0.2) is 23.2 Å². The summed E-state index contributed by atoms with van der Waals surface area (Å²) in [7, 11) is -1.88. The quantitative estimate of drug-likeness (QED) is 0.571. The van der Waals surface area contributed by atoms with E-state index in [9.17, 15) is 8.42 Å². The molecule has 0 fully saturated rings. The summed E-state index contributed by atoms with van der Waals surface area (Å²) in [5, 5.41) is 8.56. The molecule has 1 heterocycles. The smallest absolute Gasteiger partial charge is 0.261 e. The number of nitrogens with zero attached hydrogens (tertiary/aromatic N) is 3. The van der Waals surface area contributed by atoms with Gasteiger partial charge in [0, 0.05) is 16.4 Å². The number of hydrogen-bond donors (Lipinski definition) is 1. The molecule has 3 rings (SSSR count). The minimum absolute atomic E-state index is 0.224. The standard InChI is InChI=1S/C18H19BrN4O2S2/c1-12(2)13-4-7-15(8-5-13)27(24,25)22-16-10-14(19)6-9-17(16)26-18-21-20-11-23(18)3/h4-12,22H,1-3H3. The Labute approximate surface area is 171 Å². The molecule has 0 aliphatic heterocycles. The van der Waals surface area contributed by atoms with Gasteiger partial charge in [-0.2, -0.15) is 0 Å². The molecule has 142 valence electrons. The van der Waals surface area contributed by atoms with E-state index in [-0.39, 0.29) is 4.90 Å². The maximum Gasteiger partial charge on any atom is 0.261 e. The van der Waals surface area contributed by atoms with Crippen LogP contribution in [0.15, 0.2) is 68.2 Å². The second-order valence-electron chi connectivity index (χ2n) is 6.30. The molecule has 1 aromatic heterocycles. The molecule has 0 spiro atoms. The van der Waals surface area contributed by atoms with E-state index in [0.29, 0.717) is 16.8 Å². The average Bonchev–Trinajstić information content (AvgIpc) is 3.02. The Morgan fingerprint density at radius 2 is 1.85 bits per heavy atom. The van der Waals surface area contributed by atoms with Gasteiger partial charge in [0.15, 0.2) is 5.16 Å². The van der Waals surface area contributed by atoms with Crippen molar-refractivity contribution in [1.82, 2.24) is 14.8 Å². The van der Waals surface area contributed by atoms with Crippen molar-refractivity contribution in [3.63, 3.8) is 0 Å². The van der Waals surface area contributed by atoms with E-state index >= 15 is 0 Å². The zero-order valence-corrected chi connectivity index (χ0v) is 18.3. The fourth-order valence-corrected chi connectivity index (χ4v) is 4.70. The second kappa shape index (κ2) is 8.04. The van der Waals surface area contributed by atoms with E-state index in [4.69, 9.17) is 0 Å². The van der Waals surface area contributed by atoms with Crippen LogP contribution in [0.3, 0.4) is 0 Å². The Balaban J connectivity index is 1.91. The van der Waals surface area contributed by atoms with Gasteiger partial charge in [-0.05, 0) is 53.6 Å². The number of aromatic nitrogens is 3. The molecule has 2 aromatic carbocycles. The number of nitrogens with one attached hydrogen (secondary N) is 1. The van der Waals surface area contributed by atoms with E-state index in [1.54, 1.807) is 29.1 Å². The number of sulfonamides is 1. The molecule has 0 saturated carbocycles. The second-order valence-corrected chi connectivity index (χ2v) is 9.90. The summed E-state index contributed by atoms with van der Waals surface area (Å²) in [6, 6.07) is 12.4. The summed E-state index contributed by atoms with van der Waals surface area (Å²) >= 11 is 4.74. The third kappa shape index (κ3) is 4.72. The molecule has 0 radical (unpaired) electrons. The van der Waals surface area contributed by atoms with Gasteiger partial charge < -0.3 is 4.57 Å². The summed E-state index contributed by atoms with van der Waals surface area (Å²) in [5.41, 5.74) is 1.57. The molecule has 0 aliphatic carbocycles. The highest BCUT2D eigenvalue weighted by Crippen LogP contribution is 2.35. The first-order valence-electron chi connectivity index (χ1n) is 8.20. The summed E-state index contributed by atoms with van der Waals surface area (Å²) in [6.45, 7) is 4.14. The van der Waals surface area contributed by atoms with Gasteiger partial charge in [-0.15, -0.1) is 10.2 Å². The van der Waals surface area contributed by atoms with Crippen LogP contribution in [0, 0.1) is 0 Å². The lowest BCUT2D eigenvalue weighted by atomic mass is 10.0. The highest BCUT2D eigenvalue weighted by molar-refractivity contribution is 9.10. The summed E-state index contributed by atoms with van der Waals surface area (Å²) in [6.07, 6.45) is 1.60. The first kappa shape index (κ1) is 19.9. The van der Waals surface area contributed by atoms with Crippen molar-refractivity contribution < 1.29 is 8.42 Å². The molecular formula is C18H19BrN4O2S2. The molecular weight excluding hydrogens is 448 g/mol. The molecule has 0 amide bonds. The lowest BCUT2D eigenvalue weighted by Crippen LogP contribution is -2.13. The van der Waals surface area contributed by atoms with Gasteiger partial charge in [-0.3, -0.25) is 4.72 Å². The van der Waals surface area contributed by atoms with Crippen molar-refractivity contribution in [3.8, 4) is 0 Å². The van der Waals surface area contributed by atoms with E-state index in [1.807, 2.05) is 31.3 Å². The predicted molar refractivity (Wildman–Crippen MR) is 111 cm³/mol. The summed E-state index contributed by atoms with van der Waals surface area (Å²) in [4.78, 5) is 0.957. The van der Waals surface area contributed by atoms with Crippen molar-refractivity contribution in [2.24, 2.45) is 7.05 Å². The van der Waals surface area contributed by atoms with Gasteiger partial charge in [-0.25, -0.2) is 8.42 Å². The van der Waals surface area contributed by atoms with Gasteiger partial charge in [0.05, 0.1) is 10.6 Å². The predicted octanol–water partition coefficient (Wildman–Crippen LogP) is 4.65. The number of rotatable bonds is 6. The molecule has 9 heteroatoms. The summed E-state index contributed by atoms with van der Waals surface area (Å²) < 4.78 is 30.9. The number of anilines is 1. The van der Waals surface area contributed by atoms with Gasteiger partial charge >= 0.3 is 0 Å². The van der Waals surface area contributed by atoms with Crippen LogP contribution >= 0.6 is 27.7 Å². The molecule has 27 heavy (non-hydrogen) atoms. The van der Waals surface area contributed by atoms with Crippen LogP contribution in [-0.2, 0) is 17.1 Å². The van der Waals surface area contributed by atoms with Crippen molar-refractivity contribution in [3.05, 3.63) is 58.8 Å². The fraction of sp³-hybridized carbons (Fsp3) is 0.222. The van der Waals surface area contributed by atoms with Crippen LogP contribution in [0.2, 0.25) is 0 Å². The molecule has 1 N–H and O–H groups in total. The van der Waals surface area contributed by atoms with Gasteiger partial charge in [0.2, 0.25) is 0 Å². The maximum absolute atomic E-state index is 12.8. The van der Waals surface area contributed by atoms with Gasteiger partial charge in [-0.1, -0.05) is 41.9 Å². The Morgan fingerprint density at radius 1 is 1.15 bits per heavy atom. The third-order valence-corrected chi connectivity index (χ3v) is 6.92. The molecule has 0 bridgehead atoms. The largest absolute Gasteiger partial charge is 0.311 e. The number of benzene rings is 2. The number of aryl methyl sites for hydroxylation is 1. The fourth-order valence-electron chi connectivity index (χ4n) is 2.37. The van der Waals surface area contributed by atoms with Crippen molar-refractivity contribution in [2.75, 3.05) is 4.72 Å². The van der Waals surface area contributed by atoms with Crippen molar-refractivity contribution in [2.45, 2.75) is 34.7 Å². The van der Waals surface area contributed by atoms with E-state index in [0.717, 1.165) is 14.9 Å². The average molecular weight is 467 g/mol. The third-order valence-electron chi connectivity index (χ3n) is 3.91. The highest BCUT2D eigenvalue weighted by atomic mass is 79.9. The zero-order valence-electron chi connectivity index (χ0n) is 15.0. The Kier molecular flexibility index (Phi) is 5.92. The molecule has 0 unspecified atom stereocenters.